The van der Waals surface area contributed by atoms with Gasteiger partial charge in [0.2, 0.25) is 0 Å². The highest BCUT2D eigenvalue weighted by molar-refractivity contribution is 6.11. The Morgan fingerprint density at radius 2 is 2.21 bits per heavy atom. The number of piperidine rings is 2. The molecule has 0 spiro atoms. The first-order valence-corrected chi connectivity index (χ1v) is 9.16. The monoisotopic (exact) mass is 324 g/mol. The van der Waals surface area contributed by atoms with Crippen LogP contribution >= 0.6 is 0 Å². The van der Waals surface area contributed by atoms with Crippen molar-refractivity contribution in [2.24, 2.45) is 11.8 Å². The number of aromatic amines is 1. The average Bonchev–Trinajstić information content (AvgIpc) is 2.96. The summed E-state index contributed by atoms with van der Waals surface area (Å²) in [4.78, 5) is 19.2. The molecule has 1 N–H and O–H groups in total. The third kappa shape index (κ3) is 1.86. The van der Waals surface area contributed by atoms with E-state index in [1.807, 2.05) is 18.2 Å². The number of nitrogens with zero attached hydrogens (tertiary/aromatic N) is 1. The number of benzene rings is 1. The fraction of sp³-hybridized carbons (Fsp3) is 0.550. The maximum Gasteiger partial charge on any atom is 0.179 e. The molecule has 3 aliphatic heterocycles. The summed E-state index contributed by atoms with van der Waals surface area (Å²) in [5.74, 6) is 3.03. The summed E-state index contributed by atoms with van der Waals surface area (Å²) < 4.78 is 5.38. The first-order chi connectivity index (χ1) is 11.7. The molecule has 4 heterocycles. The molecule has 0 radical (unpaired) electrons. The minimum atomic E-state index is 0.273. The molecule has 24 heavy (non-hydrogen) atoms. The first-order valence-electron chi connectivity index (χ1n) is 9.16. The lowest BCUT2D eigenvalue weighted by atomic mass is 9.65. The van der Waals surface area contributed by atoms with Gasteiger partial charge in [-0.1, -0.05) is 13.3 Å². The smallest absolute Gasteiger partial charge is 0.179 e. The van der Waals surface area contributed by atoms with Gasteiger partial charge in [-0.05, 0) is 42.9 Å². The third-order valence-corrected chi connectivity index (χ3v) is 6.59. The van der Waals surface area contributed by atoms with Crippen molar-refractivity contribution in [1.29, 1.82) is 0 Å². The largest absolute Gasteiger partial charge is 0.497 e. The van der Waals surface area contributed by atoms with Gasteiger partial charge < -0.3 is 9.72 Å². The molecule has 1 aromatic carbocycles. The second-order valence-corrected chi connectivity index (χ2v) is 7.78. The Labute approximate surface area is 142 Å². The van der Waals surface area contributed by atoms with Gasteiger partial charge in [0.15, 0.2) is 5.78 Å². The summed E-state index contributed by atoms with van der Waals surface area (Å²) in [7, 11) is 1.68. The van der Waals surface area contributed by atoms with Crippen LogP contribution in [0.15, 0.2) is 18.2 Å². The summed E-state index contributed by atoms with van der Waals surface area (Å²) in [5.41, 5.74) is 3.19. The number of aromatic nitrogens is 1. The first kappa shape index (κ1) is 14.5. The summed E-state index contributed by atoms with van der Waals surface area (Å²) in [5, 5.41) is 1.03. The molecule has 0 amide bonds. The topological polar surface area (TPSA) is 45.3 Å². The number of rotatable bonds is 2. The van der Waals surface area contributed by atoms with Gasteiger partial charge >= 0.3 is 0 Å². The molecule has 126 valence electrons. The highest BCUT2D eigenvalue weighted by Crippen LogP contribution is 2.51. The van der Waals surface area contributed by atoms with Crippen LogP contribution in [0.2, 0.25) is 0 Å². The highest BCUT2D eigenvalue weighted by atomic mass is 16.5. The van der Waals surface area contributed by atoms with Crippen molar-refractivity contribution in [3.8, 4) is 5.75 Å². The van der Waals surface area contributed by atoms with Crippen molar-refractivity contribution in [2.75, 3.05) is 20.2 Å². The van der Waals surface area contributed by atoms with E-state index in [-0.39, 0.29) is 5.78 Å². The molecule has 5 atom stereocenters. The zero-order valence-corrected chi connectivity index (χ0v) is 14.3. The van der Waals surface area contributed by atoms with Crippen molar-refractivity contribution >= 4 is 16.7 Å². The van der Waals surface area contributed by atoms with Gasteiger partial charge in [0, 0.05) is 40.7 Å². The molecular formula is C20H24N2O2. The molecular weight excluding hydrogens is 300 g/mol. The van der Waals surface area contributed by atoms with Crippen LogP contribution in [-0.2, 0) is 0 Å². The van der Waals surface area contributed by atoms with E-state index in [0.717, 1.165) is 40.6 Å². The molecule has 4 aliphatic rings. The summed E-state index contributed by atoms with van der Waals surface area (Å²) in [6, 6.07) is 6.56. The number of ether oxygens (including phenoxy) is 1. The van der Waals surface area contributed by atoms with E-state index >= 15 is 0 Å². The molecule has 4 bridgehead atoms. The number of hydrogen-bond donors (Lipinski definition) is 1. The zero-order valence-electron chi connectivity index (χ0n) is 14.3. The Kier molecular flexibility index (Phi) is 3.08. The Morgan fingerprint density at radius 3 is 3.00 bits per heavy atom. The van der Waals surface area contributed by atoms with E-state index in [4.69, 9.17) is 4.74 Å². The van der Waals surface area contributed by atoms with E-state index in [9.17, 15) is 4.79 Å². The zero-order chi connectivity index (χ0) is 16.4. The molecule has 2 saturated heterocycles. The third-order valence-electron chi connectivity index (χ3n) is 6.59. The molecule has 6 rings (SSSR count). The van der Waals surface area contributed by atoms with Crippen LogP contribution in [0.5, 0.6) is 5.75 Å². The van der Waals surface area contributed by atoms with Crippen molar-refractivity contribution in [2.45, 2.75) is 38.1 Å². The SMILES string of the molecule is CC[C@H]1C[C@H]2C[C@H]3c4[nH]c5ccc(OC)cc5c4C(=O)CN(C2)[C@@H]13. The Bertz CT molecular complexity index is 824. The van der Waals surface area contributed by atoms with E-state index in [1.165, 1.54) is 25.0 Å². The molecule has 1 saturated carbocycles. The van der Waals surface area contributed by atoms with E-state index < -0.39 is 0 Å². The lowest BCUT2D eigenvalue weighted by Gasteiger charge is -2.53. The Balaban J connectivity index is 1.72. The van der Waals surface area contributed by atoms with Gasteiger partial charge in [0.25, 0.3) is 0 Å². The van der Waals surface area contributed by atoms with Crippen molar-refractivity contribution in [1.82, 2.24) is 9.88 Å². The molecule has 2 aromatic rings. The fourth-order valence-corrected chi connectivity index (χ4v) is 5.67. The molecule has 4 nitrogen and oxygen atoms in total. The number of carbonyl (C=O) groups excluding carboxylic acids is 1. The summed E-state index contributed by atoms with van der Waals surface area (Å²) in [6.07, 6.45) is 3.78. The standard InChI is InChI=1S/C20H24N2O2/c1-3-12-6-11-7-15-19-18(17(23)10-22(9-11)20(12)15)14-8-13(24-2)4-5-16(14)21-19/h4-5,8,11-12,15,20-21H,3,6-7,9-10H2,1-2H3/t11-,12-,15-,20-/m0/s1. The molecule has 1 unspecified atom stereocenters. The van der Waals surface area contributed by atoms with Gasteiger partial charge in [0.1, 0.15) is 5.75 Å². The van der Waals surface area contributed by atoms with Gasteiger partial charge in [-0.3, -0.25) is 9.69 Å². The minimum Gasteiger partial charge on any atom is -0.497 e. The Morgan fingerprint density at radius 1 is 1.33 bits per heavy atom. The number of Topliss-reactive ketones (excluding diaryl/α,β-unsaturated/α-hetero) is 1. The van der Waals surface area contributed by atoms with Crippen LogP contribution in [0.1, 0.15) is 48.2 Å². The van der Waals surface area contributed by atoms with Crippen molar-refractivity contribution < 1.29 is 9.53 Å². The predicted octanol–water partition coefficient (Wildman–Crippen LogP) is 3.58. The van der Waals surface area contributed by atoms with Crippen LogP contribution in [-0.4, -0.2) is 41.9 Å². The average molecular weight is 324 g/mol. The van der Waals surface area contributed by atoms with Crippen LogP contribution < -0.4 is 4.74 Å². The predicted molar refractivity (Wildman–Crippen MR) is 93.8 cm³/mol. The van der Waals surface area contributed by atoms with E-state index in [1.54, 1.807) is 7.11 Å². The molecule has 1 aromatic heterocycles. The fourth-order valence-electron chi connectivity index (χ4n) is 5.67. The number of nitrogens with one attached hydrogen (secondary N) is 1. The molecule has 4 heteroatoms. The quantitative estimate of drug-likeness (QED) is 0.918. The maximum atomic E-state index is 13.1. The van der Waals surface area contributed by atoms with Crippen LogP contribution in [0.3, 0.4) is 0 Å². The van der Waals surface area contributed by atoms with Gasteiger partial charge in [-0.2, -0.15) is 0 Å². The van der Waals surface area contributed by atoms with E-state index in [2.05, 4.69) is 16.8 Å². The number of carbonyl (C=O) groups is 1. The summed E-state index contributed by atoms with van der Waals surface area (Å²) in [6.45, 7) is 3.98. The number of fused-ring (bicyclic) bond motifs is 4. The summed E-state index contributed by atoms with van der Waals surface area (Å²) >= 11 is 0. The minimum absolute atomic E-state index is 0.273. The van der Waals surface area contributed by atoms with Gasteiger partial charge in [-0.25, -0.2) is 0 Å². The number of H-pyrrole nitrogens is 1. The lowest BCUT2D eigenvalue weighted by Crippen LogP contribution is -2.56. The van der Waals surface area contributed by atoms with Crippen LogP contribution in [0.25, 0.3) is 10.9 Å². The normalized spacial score (nSPS) is 34.2. The van der Waals surface area contributed by atoms with Crippen LogP contribution in [0.4, 0.5) is 0 Å². The molecule has 3 fully saturated rings. The van der Waals surface area contributed by atoms with E-state index in [0.29, 0.717) is 18.5 Å². The van der Waals surface area contributed by atoms with Crippen molar-refractivity contribution in [3.63, 3.8) is 0 Å². The second-order valence-electron chi connectivity index (χ2n) is 7.78. The van der Waals surface area contributed by atoms with Crippen LogP contribution in [0, 0.1) is 11.8 Å². The number of hydrogen-bond acceptors (Lipinski definition) is 3. The lowest BCUT2D eigenvalue weighted by molar-refractivity contribution is -0.0112. The maximum absolute atomic E-state index is 13.1. The second kappa shape index (κ2) is 5.09. The highest BCUT2D eigenvalue weighted by Gasteiger charge is 2.50. The molecule has 1 aliphatic carbocycles. The number of methoxy groups -OCH3 is 1. The van der Waals surface area contributed by atoms with Gasteiger partial charge in [0.05, 0.1) is 13.7 Å². The Hall–Kier alpha value is -1.81. The van der Waals surface area contributed by atoms with Gasteiger partial charge in [-0.15, -0.1) is 0 Å². The van der Waals surface area contributed by atoms with Crippen molar-refractivity contribution in [3.05, 3.63) is 29.5 Å². The number of ketones is 1.